The number of nitrogens with zero attached hydrogens (tertiary/aromatic N) is 2. The zero-order valence-corrected chi connectivity index (χ0v) is 11.3. The van der Waals surface area contributed by atoms with Gasteiger partial charge < -0.3 is 15.5 Å². The van der Waals surface area contributed by atoms with Crippen LogP contribution >= 0.6 is 0 Å². The van der Waals surface area contributed by atoms with E-state index in [1.807, 2.05) is 4.90 Å². The minimum Gasteiger partial charge on any atom is -0.339 e. The van der Waals surface area contributed by atoms with Gasteiger partial charge in [-0.15, -0.1) is 0 Å². The third-order valence-corrected chi connectivity index (χ3v) is 4.44. The smallest absolute Gasteiger partial charge is 0.242 e. The second-order valence-corrected chi connectivity index (χ2v) is 6.08. The molecule has 17 heavy (non-hydrogen) atoms. The van der Waals surface area contributed by atoms with Gasteiger partial charge in [0.2, 0.25) is 5.91 Å². The Morgan fingerprint density at radius 3 is 2.35 bits per heavy atom. The third kappa shape index (κ3) is 2.33. The Kier molecular flexibility index (Phi) is 3.46. The number of amides is 1. The fourth-order valence-corrected chi connectivity index (χ4v) is 3.32. The van der Waals surface area contributed by atoms with Gasteiger partial charge in [0.15, 0.2) is 0 Å². The molecule has 2 aliphatic rings. The summed E-state index contributed by atoms with van der Waals surface area (Å²) in [5, 5.41) is 0. The summed E-state index contributed by atoms with van der Waals surface area (Å²) in [5.74, 6) is 0.727. The first kappa shape index (κ1) is 12.8. The molecule has 4 nitrogen and oxygen atoms in total. The first-order valence-corrected chi connectivity index (χ1v) is 6.69. The number of likely N-dealkylation sites (N-methyl/N-ethyl adjacent to an activating group) is 1. The van der Waals surface area contributed by atoms with E-state index in [9.17, 15) is 4.79 Å². The lowest BCUT2D eigenvalue weighted by Crippen LogP contribution is -2.53. The lowest BCUT2D eigenvalue weighted by Gasteiger charge is -2.29. The Hall–Kier alpha value is -0.610. The van der Waals surface area contributed by atoms with Gasteiger partial charge in [0.05, 0.1) is 5.54 Å². The second-order valence-electron chi connectivity index (χ2n) is 6.08. The number of rotatable bonds is 2. The zero-order valence-electron chi connectivity index (χ0n) is 11.3. The van der Waals surface area contributed by atoms with Gasteiger partial charge in [-0.1, -0.05) is 19.8 Å². The van der Waals surface area contributed by atoms with Crippen LogP contribution < -0.4 is 5.73 Å². The van der Waals surface area contributed by atoms with Crippen molar-refractivity contribution in [2.75, 3.05) is 27.2 Å². The Bertz CT molecular complexity index is 297. The summed E-state index contributed by atoms with van der Waals surface area (Å²) in [7, 11) is 4.17. The number of carbonyl (C=O) groups excluding carboxylic acids is 1. The number of likely N-dealkylation sites (tertiary alicyclic amines) is 1. The van der Waals surface area contributed by atoms with E-state index >= 15 is 0 Å². The maximum absolute atomic E-state index is 12.5. The van der Waals surface area contributed by atoms with E-state index in [1.165, 1.54) is 0 Å². The highest BCUT2D eigenvalue weighted by molar-refractivity contribution is 5.86. The van der Waals surface area contributed by atoms with Gasteiger partial charge in [0, 0.05) is 19.1 Å². The topological polar surface area (TPSA) is 49.6 Å². The van der Waals surface area contributed by atoms with Crippen LogP contribution in [0.5, 0.6) is 0 Å². The average Bonchev–Trinajstić information content (AvgIpc) is 2.84. The Morgan fingerprint density at radius 1 is 1.29 bits per heavy atom. The highest BCUT2D eigenvalue weighted by Gasteiger charge is 2.43. The monoisotopic (exact) mass is 239 g/mol. The van der Waals surface area contributed by atoms with E-state index in [0.717, 1.165) is 38.8 Å². The first-order chi connectivity index (χ1) is 7.94. The summed E-state index contributed by atoms with van der Waals surface area (Å²) < 4.78 is 0. The van der Waals surface area contributed by atoms with Crippen molar-refractivity contribution in [1.29, 1.82) is 0 Å². The predicted molar refractivity (Wildman–Crippen MR) is 68.6 cm³/mol. The average molecular weight is 239 g/mol. The largest absolute Gasteiger partial charge is 0.339 e. The van der Waals surface area contributed by atoms with Crippen molar-refractivity contribution < 1.29 is 4.79 Å². The van der Waals surface area contributed by atoms with Crippen molar-refractivity contribution in [1.82, 2.24) is 9.80 Å². The molecule has 1 saturated heterocycles. The van der Waals surface area contributed by atoms with Gasteiger partial charge in [-0.3, -0.25) is 4.79 Å². The number of hydrogen-bond donors (Lipinski definition) is 1. The van der Waals surface area contributed by atoms with Crippen LogP contribution in [-0.2, 0) is 4.79 Å². The molecule has 2 atom stereocenters. The van der Waals surface area contributed by atoms with Crippen molar-refractivity contribution in [3.05, 3.63) is 0 Å². The molecule has 0 bridgehead atoms. The molecule has 2 unspecified atom stereocenters. The van der Waals surface area contributed by atoms with Crippen LogP contribution in [0.4, 0.5) is 0 Å². The Labute approximate surface area is 104 Å². The van der Waals surface area contributed by atoms with Gasteiger partial charge in [0.1, 0.15) is 0 Å². The van der Waals surface area contributed by atoms with Crippen molar-refractivity contribution in [2.24, 2.45) is 11.7 Å². The summed E-state index contributed by atoms with van der Waals surface area (Å²) >= 11 is 0. The van der Waals surface area contributed by atoms with Crippen LogP contribution in [0.2, 0.25) is 0 Å². The van der Waals surface area contributed by atoms with Crippen molar-refractivity contribution in [3.8, 4) is 0 Å². The SMILES string of the molecule is CC1CN(C(=O)C2(N)CCCC2)CC1N(C)C. The molecule has 2 rings (SSSR count). The zero-order chi connectivity index (χ0) is 12.6. The highest BCUT2D eigenvalue weighted by atomic mass is 16.2. The maximum Gasteiger partial charge on any atom is 0.242 e. The second kappa shape index (κ2) is 4.58. The molecule has 1 saturated carbocycles. The quantitative estimate of drug-likeness (QED) is 0.770. The molecule has 1 heterocycles. The van der Waals surface area contributed by atoms with E-state index in [0.29, 0.717) is 12.0 Å². The van der Waals surface area contributed by atoms with E-state index in [4.69, 9.17) is 5.73 Å². The summed E-state index contributed by atoms with van der Waals surface area (Å²) in [5.41, 5.74) is 5.69. The van der Waals surface area contributed by atoms with Crippen molar-refractivity contribution in [3.63, 3.8) is 0 Å². The van der Waals surface area contributed by atoms with Gasteiger partial charge in [-0.25, -0.2) is 0 Å². The lowest BCUT2D eigenvalue weighted by atomic mass is 9.97. The molecule has 0 spiro atoms. The van der Waals surface area contributed by atoms with Gasteiger partial charge in [0.25, 0.3) is 0 Å². The molecular formula is C13H25N3O. The minimum atomic E-state index is -0.555. The van der Waals surface area contributed by atoms with Gasteiger partial charge >= 0.3 is 0 Å². The highest BCUT2D eigenvalue weighted by Crippen LogP contribution is 2.31. The van der Waals surface area contributed by atoms with E-state index < -0.39 is 5.54 Å². The van der Waals surface area contributed by atoms with Crippen LogP contribution in [0.25, 0.3) is 0 Å². The van der Waals surface area contributed by atoms with Crippen LogP contribution in [0.1, 0.15) is 32.6 Å². The van der Waals surface area contributed by atoms with Crippen LogP contribution in [0, 0.1) is 5.92 Å². The summed E-state index contributed by atoms with van der Waals surface area (Å²) in [6.07, 6.45) is 3.93. The predicted octanol–water partition coefficient (Wildman–Crippen LogP) is 0.666. The maximum atomic E-state index is 12.5. The van der Waals surface area contributed by atoms with Crippen LogP contribution in [-0.4, -0.2) is 54.5 Å². The van der Waals surface area contributed by atoms with Crippen LogP contribution in [0.3, 0.4) is 0 Å². The van der Waals surface area contributed by atoms with E-state index in [1.54, 1.807) is 0 Å². The van der Waals surface area contributed by atoms with Crippen molar-refractivity contribution >= 4 is 5.91 Å². The summed E-state index contributed by atoms with van der Waals surface area (Å²) in [6, 6.07) is 0.476. The number of hydrogen-bond acceptors (Lipinski definition) is 3. The summed E-state index contributed by atoms with van der Waals surface area (Å²) in [6.45, 7) is 3.92. The minimum absolute atomic E-state index is 0.186. The molecular weight excluding hydrogens is 214 g/mol. The van der Waals surface area contributed by atoms with Gasteiger partial charge in [-0.2, -0.15) is 0 Å². The standard InChI is InChI=1S/C13H25N3O/c1-10-8-16(9-11(10)15(2)3)12(17)13(14)6-4-5-7-13/h10-11H,4-9,14H2,1-3H3. The van der Waals surface area contributed by atoms with E-state index in [-0.39, 0.29) is 5.91 Å². The first-order valence-electron chi connectivity index (χ1n) is 6.69. The molecule has 0 aromatic rings. The normalized spacial score (nSPS) is 32.4. The molecule has 2 fully saturated rings. The molecule has 0 radical (unpaired) electrons. The Morgan fingerprint density at radius 2 is 1.88 bits per heavy atom. The Balaban J connectivity index is 2.02. The summed E-state index contributed by atoms with van der Waals surface area (Å²) in [4.78, 5) is 16.7. The molecule has 0 aromatic heterocycles. The third-order valence-electron chi connectivity index (χ3n) is 4.44. The molecule has 1 aliphatic carbocycles. The molecule has 98 valence electrons. The fourth-order valence-electron chi connectivity index (χ4n) is 3.32. The fraction of sp³-hybridized carbons (Fsp3) is 0.923. The molecule has 1 amide bonds. The molecule has 1 aliphatic heterocycles. The lowest BCUT2D eigenvalue weighted by molar-refractivity contribution is -0.136. The molecule has 4 heteroatoms. The number of carbonyl (C=O) groups is 1. The molecule has 0 aromatic carbocycles. The van der Waals surface area contributed by atoms with E-state index in [2.05, 4.69) is 25.9 Å². The molecule has 2 N–H and O–H groups in total. The number of nitrogens with two attached hydrogens (primary N) is 1. The van der Waals surface area contributed by atoms with Gasteiger partial charge in [-0.05, 0) is 32.9 Å². The van der Waals surface area contributed by atoms with Crippen LogP contribution in [0.15, 0.2) is 0 Å². The van der Waals surface area contributed by atoms with Crippen molar-refractivity contribution in [2.45, 2.75) is 44.2 Å².